The zero-order valence-corrected chi connectivity index (χ0v) is 11.0. The van der Waals surface area contributed by atoms with Gasteiger partial charge < -0.3 is 9.84 Å². The molecule has 20 heavy (non-hydrogen) atoms. The number of ether oxygens (including phenoxy) is 1. The summed E-state index contributed by atoms with van der Waals surface area (Å²) in [4.78, 5) is 8.37. The molecule has 1 N–H and O–H groups in total. The Balaban J connectivity index is 2.19. The Morgan fingerprint density at radius 1 is 1.20 bits per heavy atom. The fourth-order valence-electron chi connectivity index (χ4n) is 2.06. The maximum Gasteiger partial charge on any atom is 0.251 e. The van der Waals surface area contributed by atoms with Crippen LogP contribution in [0.25, 0.3) is 16.9 Å². The van der Waals surface area contributed by atoms with E-state index in [1.807, 2.05) is 31.2 Å². The predicted molar refractivity (Wildman–Crippen MR) is 73.2 cm³/mol. The number of aliphatic hydroxyl groups is 1. The highest BCUT2D eigenvalue weighted by Crippen LogP contribution is 2.25. The molecule has 0 saturated carbocycles. The van der Waals surface area contributed by atoms with Crippen LogP contribution in [0.2, 0.25) is 0 Å². The van der Waals surface area contributed by atoms with Crippen molar-refractivity contribution in [3.05, 3.63) is 48.4 Å². The number of fused-ring (bicyclic) bond motifs is 1. The Bertz CT molecular complexity index is 712. The van der Waals surface area contributed by atoms with Crippen molar-refractivity contribution in [2.75, 3.05) is 6.61 Å². The van der Waals surface area contributed by atoms with Crippen LogP contribution in [0.4, 0.5) is 0 Å². The van der Waals surface area contributed by atoms with Crippen molar-refractivity contribution >= 4 is 10.9 Å². The van der Waals surface area contributed by atoms with Crippen LogP contribution in [0.15, 0.2) is 42.7 Å². The van der Waals surface area contributed by atoms with E-state index in [0.29, 0.717) is 18.2 Å². The summed E-state index contributed by atoms with van der Waals surface area (Å²) in [5, 5.41) is 15.3. The topological polar surface area (TPSA) is 73.1 Å². The molecule has 0 aliphatic heterocycles. The van der Waals surface area contributed by atoms with Gasteiger partial charge in [-0.3, -0.25) is 0 Å². The Kier molecular flexibility index (Phi) is 3.41. The minimum absolute atomic E-state index is 0.407. The molecular weight excluding hydrogens is 256 g/mol. The van der Waals surface area contributed by atoms with Gasteiger partial charge >= 0.3 is 0 Å². The summed E-state index contributed by atoms with van der Waals surface area (Å²) in [6, 6.07) is 9.33. The van der Waals surface area contributed by atoms with Crippen molar-refractivity contribution in [1.82, 2.24) is 19.7 Å². The molecule has 1 unspecified atom stereocenters. The van der Waals surface area contributed by atoms with Crippen LogP contribution in [-0.2, 0) is 4.74 Å². The second-order valence-corrected chi connectivity index (χ2v) is 4.17. The molecule has 6 heteroatoms. The van der Waals surface area contributed by atoms with Gasteiger partial charge in [-0.2, -0.15) is 9.78 Å². The SMILES string of the molecule is CCOC(O)c1nn(-c2ncccn2)c2ccccc12. The van der Waals surface area contributed by atoms with Crippen LogP contribution in [0, 0.1) is 0 Å². The summed E-state index contributed by atoms with van der Waals surface area (Å²) in [5.74, 6) is 0.457. The van der Waals surface area contributed by atoms with Crippen molar-refractivity contribution in [1.29, 1.82) is 0 Å². The van der Waals surface area contributed by atoms with Crippen LogP contribution < -0.4 is 0 Å². The molecule has 0 amide bonds. The quantitative estimate of drug-likeness (QED) is 0.732. The highest BCUT2D eigenvalue weighted by Gasteiger charge is 2.19. The van der Waals surface area contributed by atoms with E-state index >= 15 is 0 Å². The van der Waals surface area contributed by atoms with E-state index in [2.05, 4.69) is 15.1 Å². The first-order valence-electron chi connectivity index (χ1n) is 6.36. The summed E-state index contributed by atoms with van der Waals surface area (Å²) in [7, 11) is 0. The third-order valence-electron chi connectivity index (χ3n) is 2.92. The first kappa shape index (κ1) is 12.7. The Morgan fingerprint density at radius 3 is 2.70 bits per heavy atom. The molecule has 6 nitrogen and oxygen atoms in total. The summed E-state index contributed by atoms with van der Waals surface area (Å²) in [6.45, 7) is 2.23. The molecule has 0 spiro atoms. The predicted octanol–water partition coefficient (Wildman–Crippen LogP) is 1.84. The van der Waals surface area contributed by atoms with E-state index in [-0.39, 0.29) is 0 Å². The molecule has 0 aliphatic carbocycles. The monoisotopic (exact) mass is 270 g/mol. The van der Waals surface area contributed by atoms with E-state index in [9.17, 15) is 5.11 Å². The van der Waals surface area contributed by atoms with Crippen molar-refractivity contribution in [2.45, 2.75) is 13.2 Å². The minimum atomic E-state index is -1.06. The summed E-state index contributed by atoms with van der Waals surface area (Å²) in [6.07, 6.45) is 2.24. The van der Waals surface area contributed by atoms with Gasteiger partial charge in [0.1, 0.15) is 5.69 Å². The number of hydrogen-bond donors (Lipinski definition) is 1. The second kappa shape index (κ2) is 5.36. The third-order valence-corrected chi connectivity index (χ3v) is 2.92. The summed E-state index contributed by atoms with van der Waals surface area (Å²) in [5.41, 5.74) is 1.29. The first-order chi connectivity index (χ1) is 9.81. The minimum Gasteiger partial charge on any atom is -0.363 e. The molecule has 2 aromatic heterocycles. The van der Waals surface area contributed by atoms with Gasteiger partial charge in [-0.05, 0) is 19.1 Å². The van der Waals surface area contributed by atoms with Gasteiger partial charge in [0.25, 0.3) is 5.95 Å². The molecule has 2 heterocycles. The van der Waals surface area contributed by atoms with Crippen molar-refractivity contribution < 1.29 is 9.84 Å². The Morgan fingerprint density at radius 2 is 1.95 bits per heavy atom. The number of para-hydroxylation sites is 1. The van der Waals surface area contributed by atoms with Crippen LogP contribution in [0.1, 0.15) is 18.9 Å². The van der Waals surface area contributed by atoms with E-state index in [1.54, 1.807) is 23.1 Å². The molecule has 0 saturated heterocycles. The van der Waals surface area contributed by atoms with Gasteiger partial charge in [-0.1, -0.05) is 18.2 Å². The first-order valence-corrected chi connectivity index (χ1v) is 6.36. The van der Waals surface area contributed by atoms with Gasteiger partial charge in [0, 0.05) is 24.4 Å². The second-order valence-electron chi connectivity index (χ2n) is 4.17. The van der Waals surface area contributed by atoms with Gasteiger partial charge in [-0.25, -0.2) is 9.97 Å². The molecule has 0 aliphatic rings. The lowest BCUT2D eigenvalue weighted by Gasteiger charge is -2.07. The fourth-order valence-corrected chi connectivity index (χ4v) is 2.06. The number of rotatable bonds is 4. The van der Waals surface area contributed by atoms with Gasteiger partial charge in [0.15, 0.2) is 0 Å². The van der Waals surface area contributed by atoms with Crippen LogP contribution in [0.5, 0.6) is 0 Å². The number of benzene rings is 1. The normalized spacial score (nSPS) is 12.7. The average Bonchev–Trinajstić information content (AvgIpc) is 2.88. The third kappa shape index (κ3) is 2.15. The lowest BCUT2D eigenvalue weighted by atomic mass is 10.2. The van der Waals surface area contributed by atoms with Crippen LogP contribution in [0.3, 0.4) is 0 Å². The highest BCUT2D eigenvalue weighted by atomic mass is 16.6. The van der Waals surface area contributed by atoms with Crippen LogP contribution >= 0.6 is 0 Å². The smallest absolute Gasteiger partial charge is 0.251 e. The maximum absolute atomic E-state index is 10.0. The van der Waals surface area contributed by atoms with E-state index in [1.165, 1.54) is 0 Å². The zero-order valence-electron chi connectivity index (χ0n) is 11.0. The summed E-state index contributed by atoms with van der Waals surface area (Å²) < 4.78 is 6.83. The molecule has 102 valence electrons. The standard InChI is InChI=1S/C14H14N4O2/c1-2-20-13(19)12-10-6-3-4-7-11(10)18(17-12)14-15-8-5-9-16-14/h3-9,13,19H,2H2,1H3. The fraction of sp³-hybridized carbons (Fsp3) is 0.214. The maximum atomic E-state index is 10.0. The number of aliphatic hydroxyl groups excluding tert-OH is 1. The highest BCUT2D eigenvalue weighted by molar-refractivity contribution is 5.83. The Hall–Kier alpha value is -2.31. The Labute approximate surface area is 115 Å². The lowest BCUT2D eigenvalue weighted by molar-refractivity contribution is -0.0999. The largest absolute Gasteiger partial charge is 0.363 e. The van der Waals surface area contributed by atoms with Crippen molar-refractivity contribution in [3.63, 3.8) is 0 Å². The molecule has 3 rings (SSSR count). The molecule has 0 fully saturated rings. The van der Waals surface area contributed by atoms with Gasteiger partial charge in [-0.15, -0.1) is 0 Å². The summed E-state index contributed by atoms with van der Waals surface area (Å²) >= 11 is 0. The molecule has 0 bridgehead atoms. The zero-order chi connectivity index (χ0) is 13.9. The van der Waals surface area contributed by atoms with E-state index in [4.69, 9.17) is 4.74 Å². The van der Waals surface area contributed by atoms with Crippen LogP contribution in [-0.4, -0.2) is 31.5 Å². The molecular formula is C14H14N4O2. The molecule has 1 atom stereocenters. The molecule has 3 aromatic rings. The molecule has 1 aromatic carbocycles. The molecule has 0 radical (unpaired) electrons. The number of hydrogen-bond acceptors (Lipinski definition) is 5. The van der Waals surface area contributed by atoms with E-state index < -0.39 is 6.29 Å². The number of nitrogens with zero attached hydrogens (tertiary/aromatic N) is 4. The lowest BCUT2D eigenvalue weighted by Crippen LogP contribution is -2.06. The van der Waals surface area contributed by atoms with Gasteiger partial charge in [0.2, 0.25) is 6.29 Å². The van der Waals surface area contributed by atoms with Crippen molar-refractivity contribution in [3.8, 4) is 5.95 Å². The van der Waals surface area contributed by atoms with Crippen molar-refractivity contribution in [2.24, 2.45) is 0 Å². The number of aromatic nitrogens is 4. The van der Waals surface area contributed by atoms with Gasteiger partial charge in [0.05, 0.1) is 5.52 Å². The average molecular weight is 270 g/mol. The van der Waals surface area contributed by atoms with E-state index in [0.717, 1.165) is 10.9 Å².